The number of fused-ring (bicyclic) bond motifs is 3. The number of alkyl carbamates (subject to hydrolysis) is 1. The van der Waals surface area contributed by atoms with Gasteiger partial charge in [0.25, 0.3) is 0 Å². The zero-order valence-electron chi connectivity index (χ0n) is 21.1. The van der Waals surface area contributed by atoms with Crippen LogP contribution in [0.4, 0.5) is 4.79 Å². The van der Waals surface area contributed by atoms with Crippen molar-refractivity contribution in [2.45, 2.75) is 64.5 Å². The molecule has 1 fully saturated rings. The van der Waals surface area contributed by atoms with Crippen molar-refractivity contribution in [3.8, 4) is 11.1 Å². The molecule has 0 bridgehead atoms. The van der Waals surface area contributed by atoms with E-state index in [1.165, 1.54) is 4.90 Å². The topological polar surface area (TPSA) is 95.9 Å². The molecule has 1 heterocycles. The molecule has 4 rings (SSSR count). The van der Waals surface area contributed by atoms with Gasteiger partial charge in [0.05, 0.1) is 11.0 Å². The number of amides is 2. The molecule has 0 radical (unpaired) electrons. The molecular weight excluding hydrogens is 444 g/mol. The number of nitrogens with zero attached hydrogens (tertiary/aromatic N) is 1. The van der Waals surface area contributed by atoms with Crippen molar-refractivity contribution in [1.29, 1.82) is 0 Å². The van der Waals surface area contributed by atoms with Gasteiger partial charge in [-0.2, -0.15) is 0 Å². The summed E-state index contributed by atoms with van der Waals surface area (Å²) in [4.78, 5) is 39.8. The van der Waals surface area contributed by atoms with Gasteiger partial charge in [-0.15, -0.1) is 0 Å². The Hall–Kier alpha value is -3.35. The van der Waals surface area contributed by atoms with Gasteiger partial charge < -0.3 is 20.1 Å². The lowest BCUT2D eigenvalue weighted by Crippen LogP contribution is -2.63. The minimum atomic E-state index is -1.24. The molecule has 7 heteroatoms. The summed E-state index contributed by atoms with van der Waals surface area (Å²) in [5, 5.41) is 12.6. The highest BCUT2D eigenvalue weighted by molar-refractivity contribution is 5.91. The van der Waals surface area contributed by atoms with Crippen LogP contribution in [-0.2, 0) is 14.3 Å². The first-order valence-corrected chi connectivity index (χ1v) is 12.1. The molecule has 1 saturated heterocycles. The summed E-state index contributed by atoms with van der Waals surface area (Å²) in [6.07, 6.45) is 0.426. The number of hydrogen-bond acceptors (Lipinski definition) is 4. The van der Waals surface area contributed by atoms with Gasteiger partial charge >= 0.3 is 12.1 Å². The number of likely N-dealkylation sites (tertiary alicyclic amines) is 1. The van der Waals surface area contributed by atoms with Crippen molar-refractivity contribution >= 4 is 18.0 Å². The van der Waals surface area contributed by atoms with E-state index < -0.39 is 28.6 Å². The van der Waals surface area contributed by atoms with E-state index in [1.807, 2.05) is 24.3 Å². The molecule has 2 aliphatic rings. The average Bonchev–Trinajstić information content (AvgIpc) is 3.36. The molecule has 1 aliphatic heterocycles. The van der Waals surface area contributed by atoms with E-state index in [1.54, 1.807) is 34.6 Å². The number of benzene rings is 2. The summed E-state index contributed by atoms with van der Waals surface area (Å²) >= 11 is 0. The van der Waals surface area contributed by atoms with Gasteiger partial charge in [-0.1, -0.05) is 48.5 Å². The van der Waals surface area contributed by atoms with E-state index in [-0.39, 0.29) is 18.4 Å². The van der Waals surface area contributed by atoms with Crippen LogP contribution in [0.3, 0.4) is 0 Å². The number of nitrogens with one attached hydrogen (secondary N) is 1. The van der Waals surface area contributed by atoms with Crippen molar-refractivity contribution in [2.75, 3.05) is 13.2 Å². The zero-order valence-corrected chi connectivity index (χ0v) is 21.1. The third-order valence-corrected chi connectivity index (χ3v) is 8.20. The van der Waals surface area contributed by atoms with Gasteiger partial charge in [0.15, 0.2) is 0 Å². The van der Waals surface area contributed by atoms with Crippen molar-refractivity contribution in [3.05, 3.63) is 59.7 Å². The van der Waals surface area contributed by atoms with Crippen LogP contribution in [0.1, 0.15) is 64.5 Å². The molecule has 0 saturated carbocycles. The Balaban J connectivity index is 1.46. The summed E-state index contributed by atoms with van der Waals surface area (Å²) in [6, 6.07) is 16.2. The van der Waals surface area contributed by atoms with Crippen molar-refractivity contribution in [2.24, 2.45) is 5.41 Å². The number of carbonyl (C=O) groups excluding carboxylic acids is 2. The van der Waals surface area contributed by atoms with Crippen LogP contribution < -0.4 is 5.32 Å². The minimum absolute atomic E-state index is 0.0632. The summed E-state index contributed by atoms with van der Waals surface area (Å²) in [5.41, 5.74) is 1.24. The van der Waals surface area contributed by atoms with Crippen LogP contribution in [0.25, 0.3) is 11.1 Å². The van der Waals surface area contributed by atoms with Gasteiger partial charge in [-0.3, -0.25) is 4.79 Å². The molecule has 0 unspecified atom stereocenters. The normalized spacial score (nSPS) is 19.7. The molecule has 0 aromatic heterocycles. The Bertz CT molecular complexity index is 1130. The predicted molar refractivity (Wildman–Crippen MR) is 133 cm³/mol. The fourth-order valence-corrected chi connectivity index (χ4v) is 5.16. The molecule has 186 valence electrons. The fraction of sp³-hybridized carbons (Fsp3) is 0.464. The van der Waals surface area contributed by atoms with Gasteiger partial charge in [-0.05, 0) is 69.7 Å². The lowest BCUT2D eigenvalue weighted by atomic mass is 9.73. The van der Waals surface area contributed by atoms with Crippen LogP contribution in [-0.4, -0.2) is 52.2 Å². The first kappa shape index (κ1) is 24.8. The van der Waals surface area contributed by atoms with E-state index >= 15 is 0 Å². The Kier molecular flexibility index (Phi) is 6.16. The fourth-order valence-electron chi connectivity index (χ4n) is 5.16. The first-order chi connectivity index (χ1) is 16.4. The number of carboxylic acid groups (broad SMARTS) is 1. The highest BCUT2D eigenvalue weighted by Crippen LogP contribution is 2.44. The molecule has 2 N–H and O–H groups in total. The standard InChI is InChI=1S/C28H34N2O5/c1-26(2,23(31)30-16-10-15-28(30,5)24(32)33)27(3,4)29-25(34)35-17-22-20-13-8-6-11-18(20)19-12-7-9-14-21(19)22/h6-9,11-14,22H,10,15-17H2,1-5H3,(H,29,34)(H,32,33)/t28-/m1/s1. The van der Waals surface area contributed by atoms with E-state index in [9.17, 15) is 19.5 Å². The van der Waals surface area contributed by atoms with Crippen LogP contribution in [0.5, 0.6) is 0 Å². The van der Waals surface area contributed by atoms with Crippen LogP contribution in [0.15, 0.2) is 48.5 Å². The SMILES string of the molecule is CC(C)(NC(=O)OCC1c2ccccc2-c2ccccc21)C(C)(C)C(=O)N1CCC[C@]1(C)C(=O)O. The smallest absolute Gasteiger partial charge is 0.407 e. The molecular formula is C28H34N2O5. The number of ether oxygens (including phenoxy) is 1. The average molecular weight is 479 g/mol. The number of carboxylic acids is 1. The van der Waals surface area contributed by atoms with Crippen LogP contribution in [0, 0.1) is 5.41 Å². The zero-order chi connectivity index (χ0) is 25.6. The molecule has 2 aromatic rings. The number of aliphatic carboxylic acids is 1. The lowest BCUT2D eigenvalue weighted by molar-refractivity contribution is -0.161. The highest BCUT2D eigenvalue weighted by atomic mass is 16.5. The number of carbonyl (C=O) groups is 3. The molecule has 1 aliphatic carbocycles. The van der Waals surface area contributed by atoms with E-state index in [2.05, 4.69) is 29.6 Å². The van der Waals surface area contributed by atoms with Crippen LogP contribution >= 0.6 is 0 Å². The largest absolute Gasteiger partial charge is 0.480 e. The molecule has 2 amide bonds. The summed E-state index contributed by atoms with van der Waals surface area (Å²) in [6.45, 7) is 9.14. The second-order valence-corrected chi connectivity index (χ2v) is 10.8. The third kappa shape index (κ3) is 4.07. The summed E-state index contributed by atoms with van der Waals surface area (Å²) in [5.74, 6) is -1.38. The van der Waals surface area contributed by atoms with E-state index in [0.717, 1.165) is 22.3 Å². The summed E-state index contributed by atoms with van der Waals surface area (Å²) in [7, 11) is 0. The minimum Gasteiger partial charge on any atom is -0.480 e. The second kappa shape index (κ2) is 8.70. The molecule has 2 aromatic carbocycles. The van der Waals surface area contributed by atoms with E-state index in [0.29, 0.717) is 19.4 Å². The third-order valence-electron chi connectivity index (χ3n) is 8.20. The Morgan fingerprint density at radius 2 is 1.57 bits per heavy atom. The van der Waals surface area contributed by atoms with Crippen molar-refractivity contribution in [3.63, 3.8) is 0 Å². The number of rotatable bonds is 6. The maximum absolute atomic E-state index is 13.5. The second-order valence-electron chi connectivity index (χ2n) is 10.8. The Labute approximate surface area is 206 Å². The first-order valence-electron chi connectivity index (χ1n) is 12.1. The molecule has 0 spiro atoms. The van der Waals surface area contributed by atoms with Crippen molar-refractivity contribution in [1.82, 2.24) is 10.2 Å². The van der Waals surface area contributed by atoms with Gasteiger partial charge in [0, 0.05) is 12.5 Å². The monoisotopic (exact) mass is 478 g/mol. The van der Waals surface area contributed by atoms with Crippen molar-refractivity contribution < 1.29 is 24.2 Å². The quantitative estimate of drug-likeness (QED) is 0.622. The molecule has 7 nitrogen and oxygen atoms in total. The highest BCUT2D eigenvalue weighted by Gasteiger charge is 2.53. The lowest BCUT2D eigenvalue weighted by Gasteiger charge is -2.45. The predicted octanol–water partition coefficient (Wildman–Crippen LogP) is 4.80. The maximum atomic E-state index is 13.5. The van der Waals surface area contributed by atoms with Crippen LogP contribution in [0.2, 0.25) is 0 Å². The maximum Gasteiger partial charge on any atom is 0.407 e. The number of hydrogen-bond donors (Lipinski definition) is 2. The van der Waals surface area contributed by atoms with Gasteiger partial charge in [0.2, 0.25) is 5.91 Å². The van der Waals surface area contributed by atoms with Gasteiger partial charge in [-0.25, -0.2) is 9.59 Å². The Morgan fingerprint density at radius 3 is 2.11 bits per heavy atom. The van der Waals surface area contributed by atoms with Gasteiger partial charge in [0.1, 0.15) is 12.1 Å². The Morgan fingerprint density at radius 1 is 1.03 bits per heavy atom. The molecule has 35 heavy (non-hydrogen) atoms. The molecule has 1 atom stereocenters. The summed E-state index contributed by atoms with van der Waals surface area (Å²) < 4.78 is 5.69. The van der Waals surface area contributed by atoms with E-state index in [4.69, 9.17) is 4.74 Å².